The van der Waals surface area contributed by atoms with Gasteiger partial charge in [-0.05, 0) is 17.2 Å². The van der Waals surface area contributed by atoms with Crippen molar-refractivity contribution in [2.45, 2.75) is 33.0 Å². The van der Waals surface area contributed by atoms with Crippen LogP contribution < -0.4 is 5.19 Å². The highest BCUT2D eigenvalue weighted by Gasteiger charge is 2.21. The average Bonchev–Trinajstić information content (AvgIpc) is 2.02. The number of halogens is 1. The minimum absolute atomic E-state index is 0.0316. The Kier molecular flexibility index (Phi) is 2.91. The van der Waals surface area contributed by atoms with E-state index in [2.05, 4.69) is 19.6 Å². The van der Waals surface area contributed by atoms with E-state index in [4.69, 9.17) is 0 Å². The van der Waals surface area contributed by atoms with Crippen LogP contribution in [0.15, 0.2) is 18.2 Å². The number of hydrogen-bond donors (Lipinski definition) is 0. The predicted molar refractivity (Wildman–Crippen MR) is 58.8 cm³/mol. The Hall–Kier alpha value is -0.633. The monoisotopic (exact) mass is 196 g/mol. The van der Waals surface area contributed by atoms with Crippen molar-refractivity contribution in [3.8, 4) is 0 Å². The van der Waals surface area contributed by atoms with Crippen molar-refractivity contribution < 1.29 is 4.39 Å². The maximum Gasteiger partial charge on any atom is 0.125 e. The van der Waals surface area contributed by atoms with Gasteiger partial charge in [-0.15, -0.1) is 0 Å². The van der Waals surface area contributed by atoms with Crippen LogP contribution >= 0.6 is 0 Å². The van der Waals surface area contributed by atoms with Gasteiger partial charge >= 0.3 is 0 Å². The minimum Gasteiger partial charge on any atom is -0.207 e. The summed E-state index contributed by atoms with van der Waals surface area (Å²) in [6.45, 7) is 8.51. The molecule has 0 amide bonds. The highest BCUT2D eigenvalue weighted by molar-refractivity contribution is 6.88. The van der Waals surface area contributed by atoms with Gasteiger partial charge in [-0.1, -0.05) is 44.8 Å². The SMILES string of the molecule is CCc1cccc([Si](C)(C)C)c1F. The lowest BCUT2D eigenvalue weighted by atomic mass is 10.2. The summed E-state index contributed by atoms with van der Waals surface area (Å²) in [7, 11) is -1.50. The van der Waals surface area contributed by atoms with E-state index in [1.54, 1.807) is 0 Å². The second kappa shape index (κ2) is 3.62. The Morgan fingerprint density at radius 1 is 1.23 bits per heavy atom. The Balaban J connectivity index is 3.24. The third kappa shape index (κ3) is 2.18. The lowest BCUT2D eigenvalue weighted by molar-refractivity contribution is 0.619. The molecule has 13 heavy (non-hydrogen) atoms. The van der Waals surface area contributed by atoms with Crippen LogP contribution in [0.2, 0.25) is 19.6 Å². The second-order valence-electron chi connectivity index (χ2n) is 4.38. The van der Waals surface area contributed by atoms with E-state index < -0.39 is 8.07 Å². The maximum absolute atomic E-state index is 13.8. The average molecular weight is 196 g/mol. The van der Waals surface area contributed by atoms with Crippen LogP contribution in [0.3, 0.4) is 0 Å². The van der Waals surface area contributed by atoms with Crippen molar-refractivity contribution in [1.82, 2.24) is 0 Å². The number of hydrogen-bond acceptors (Lipinski definition) is 0. The molecule has 0 radical (unpaired) electrons. The van der Waals surface area contributed by atoms with Crippen molar-refractivity contribution in [1.29, 1.82) is 0 Å². The molecule has 0 nitrogen and oxygen atoms in total. The smallest absolute Gasteiger partial charge is 0.125 e. The van der Waals surface area contributed by atoms with E-state index in [9.17, 15) is 4.39 Å². The van der Waals surface area contributed by atoms with Crippen LogP contribution in [-0.4, -0.2) is 8.07 Å². The number of benzene rings is 1. The normalized spacial score (nSPS) is 11.8. The Morgan fingerprint density at radius 2 is 1.85 bits per heavy atom. The summed E-state index contributed by atoms with van der Waals surface area (Å²) in [5.41, 5.74) is 0.847. The van der Waals surface area contributed by atoms with Crippen LogP contribution in [0.1, 0.15) is 12.5 Å². The molecule has 0 spiro atoms. The quantitative estimate of drug-likeness (QED) is 0.638. The van der Waals surface area contributed by atoms with Gasteiger partial charge < -0.3 is 0 Å². The molecular formula is C11H17FSi. The molecule has 0 aliphatic carbocycles. The van der Waals surface area contributed by atoms with Crippen LogP contribution in [-0.2, 0) is 6.42 Å². The molecule has 0 atom stereocenters. The van der Waals surface area contributed by atoms with E-state index >= 15 is 0 Å². The third-order valence-electron chi connectivity index (χ3n) is 2.27. The van der Waals surface area contributed by atoms with Crippen molar-refractivity contribution >= 4 is 13.3 Å². The molecule has 1 rings (SSSR count). The van der Waals surface area contributed by atoms with Crippen LogP contribution in [0.5, 0.6) is 0 Å². The number of rotatable bonds is 2. The maximum atomic E-state index is 13.8. The van der Waals surface area contributed by atoms with Gasteiger partial charge in [0.25, 0.3) is 0 Å². The third-order valence-corrected chi connectivity index (χ3v) is 4.27. The van der Waals surface area contributed by atoms with Gasteiger partial charge in [-0.2, -0.15) is 0 Å². The summed E-state index contributed by atoms with van der Waals surface area (Å²) in [6.07, 6.45) is 0.782. The van der Waals surface area contributed by atoms with Crippen LogP contribution in [0, 0.1) is 5.82 Å². The second-order valence-corrected chi connectivity index (χ2v) is 9.42. The zero-order valence-corrected chi connectivity index (χ0v) is 9.82. The molecule has 0 heterocycles. The molecule has 0 saturated carbocycles. The molecule has 0 aliphatic heterocycles. The topological polar surface area (TPSA) is 0 Å². The standard InChI is InChI=1S/C11H17FSi/c1-5-9-7-6-8-10(11(9)12)13(2,3)4/h6-8H,5H2,1-4H3. The van der Waals surface area contributed by atoms with Crippen molar-refractivity contribution in [3.05, 3.63) is 29.6 Å². The molecule has 0 aliphatic rings. The molecule has 0 aromatic heterocycles. The molecule has 0 N–H and O–H groups in total. The van der Waals surface area contributed by atoms with Gasteiger partial charge in [0.15, 0.2) is 0 Å². The summed E-state index contributed by atoms with van der Waals surface area (Å²) in [6, 6.07) is 5.77. The zero-order valence-electron chi connectivity index (χ0n) is 8.82. The lowest BCUT2D eigenvalue weighted by Crippen LogP contribution is -2.40. The zero-order chi connectivity index (χ0) is 10.1. The Morgan fingerprint density at radius 3 is 2.31 bits per heavy atom. The van der Waals surface area contributed by atoms with Crippen molar-refractivity contribution in [2.75, 3.05) is 0 Å². The molecule has 72 valence electrons. The van der Waals surface area contributed by atoms with Gasteiger partial charge in [-0.25, -0.2) is 4.39 Å². The molecule has 0 fully saturated rings. The molecular weight excluding hydrogens is 179 g/mol. The summed E-state index contributed by atoms with van der Waals surface area (Å²) in [5.74, 6) is 0.0316. The van der Waals surface area contributed by atoms with Gasteiger partial charge in [-0.3, -0.25) is 0 Å². The van der Waals surface area contributed by atoms with E-state index in [1.807, 2.05) is 25.1 Å². The fraction of sp³-hybridized carbons (Fsp3) is 0.455. The molecule has 0 bridgehead atoms. The Labute approximate surface area is 80.8 Å². The predicted octanol–water partition coefficient (Wildman–Crippen LogP) is 2.93. The summed E-state index contributed by atoms with van der Waals surface area (Å²) >= 11 is 0. The molecule has 0 unspecified atom stereocenters. The summed E-state index contributed by atoms with van der Waals surface area (Å²) < 4.78 is 13.8. The van der Waals surface area contributed by atoms with Crippen LogP contribution in [0.25, 0.3) is 0 Å². The van der Waals surface area contributed by atoms with Crippen molar-refractivity contribution in [2.24, 2.45) is 0 Å². The molecule has 1 aromatic carbocycles. The van der Waals surface area contributed by atoms with Gasteiger partial charge in [0.2, 0.25) is 0 Å². The Bertz CT molecular complexity index is 299. The highest BCUT2D eigenvalue weighted by atomic mass is 28.3. The van der Waals surface area contributed by atoms with Gasteiger partial charge in [0, 0.05) is 0 Å². The van der Waals surface area contributed by atoms with Crippen molar-refractivity contribution in [3.63, 3.8) is 0 Å². The summed E-state index contributed by atoms with van der Waals surface area (Å²) in [4.78, 5) is 0. The van der Waals surface area contributed by atoms with Crippen LogP contribution in [0.4, 0.5) is 4.39 Å². The van der Waals surface area contributed by atoms with E-state index in [0.29, 0.717) is 0 Å². The van der Waals surface area contributed by atoms with Gasteiger partial charge in [0.05, 0.1) is 8.07 Å². The number of aryl methyl sites for hydroxylation is 1. The fourth-order valence-electron chi connectivity index (χ4n) is 1.43. The summed E-state index contributed by atoms with van der Waals surface area (Å²) in [5, 5.41) is 0.951. The molecule has 1 aromatic rings. The largest absolute Gasteiger partial charge is 0.207 e. The molecule has 0 saturated heterocycles. The van der Waals surface area contributed by atoms with E-state index in [1.165, 1.54) is 0 Å². The first-order valence-electron chi connectivity index (χ1n) is 4.74. The minimum atomic E-state index is -1.50. The highest BCUT2D eigenvalue weighted by Crippen LogP contribution is 2.10. The lowest BCUT2D eigenvalue weighted by Gasteiger charge is -2.18. The fourth-order valence-corrected chi connectivity index (χ4v) is 2.85. The molecule has 2 heteroatoms. The first-order chi connectivity index (χ1) is 5.96. The van der Waals surface area contributed by atoms with E-state index in [-0.39, 0.29) is 5.82 Å². The van der Waals surface area contributed by atoms with Gasteiger partial charge in [0.1, 0.15) is 5.82 Å². The first-order valence-corrected chi connectivity index (χ1v) is 8.24. The van der Waals surface area contributed by atoms with E-state index in [0.717, 1.165) is 17.2 Å². The first kappa shape index (κ1) is 10.4.